The average Bonchev–Trinajstić information content (AvgIpc) is 3.33. The van der Waals surface area contributed by atoms with Crippen molar-refractivity contribution in [3.8, 4) is 17.8 Å². The van der Waals surface area contributed by atoms with Gasteiger partial charge in [0.25, 0.3) is 11.5 Å². The van der Waals surface area contributed by atoms with Gasteiger partial charge in [0.05, 0.1) is 66.9 Å². The van der Waals surface area contributed by atoms with E-state index in [1.54, 1.807) is 7.05 Å². The smallest absolute Gasteiger partial charge is 0.355 e. The van der Waals surface area contributed by atoms with Gasteiger partial charge < -0.3 is 20.4 Å². The highest BCUT2D eigenvalue weighted by Crippen LogP contribution is 2.37. The number of rotatable bonds is 16. The fourth-order valence-electron chi connectivity index (χ4n) is 7.59. The number of amides is 3. The van der Waals surface area contributed by atoms with Crippen LogP contribution in [0, 0.1) is 35.5 Å². The lowest BCUT2D eigenvalue weighted by molar-refractivity contribution is -0.138. The van der Waals surface area contributed by atoms with Crippen LogP contribution in [-0.4, -0.2) is 74.9 Å². The van der Waals surface area contributed by atoms with Crippen LogP contribution in [0.2, 0.25) is 0 Å². The predicted octanol–water partition coefficient (Wildman–Crippen LogP) is 7.39. The van der Waals surface area contributed by atoms with E-state index in [0.29, 0.717) is 31.5 Å². The van der Waals surface area contributed by atoms with Crippen molar-refractivity contribution in [2.45, 2.75) is 59.8 Å². The van der Waals surface area contributed by atoms with E-state index in [0.717, 1.165) is 51.9 Å². The van der Waals surface area contributed by atoms with Crippen LogP contribution in [0.4, 0.5) is 32.0 Å². The molecule has 0 saturated heterocycles. The summed E-state index contributed by atoms with van der Waals surface area (Å²) in [7, 11) is -2.27. The van der Waals surface area contributed by atoms with E-state index in [2.05, 4.69) is 10.6 Å². The first-order valence-corrected chi connectivity index (χ1v) is 23.7. The number of benzene rings is 4. The number of halogens is 6. The molecule has 4 atom stereocenters. The second kappa shape index (κ2) is 22.0. The van der Waals surface area contributed by atoms with Gasteiger partial charge in [-0.1, -0.05) is 12.1 Å². The minimum Gasteiger partial charge on any atom is -0.355 e. The summed E-state index contributed by atoms with van der Waals surface area (Å²) in [6.45, 7) is 3.77. The van der Waals surface area contributed by atoms with Gasteiger partial charge in [-0.25, -0.2) is 8.42 Å². The Kier molecular flexibility index (Phi) is 16.4. The monoisotopic (exact) mass is 1000 g/mol. The number of hydrogen-bond donors (Lipinski definition) is 2. The second-order valence-corrected chi connectivity index (χ2v) is 19.0. The maximum Gasteiger partial charge on any atom is 0.416 e. The van der Waals surface area contributed by atoms with Crippen molar-refractivity contribution in [2.24, 2.45) is 5.92 Å². The number of carbonyl (C=O) groups is 3. The van der Waals surface area contributed by atoms with E-state index in [1.807, 2.05) is 17.0 Å². The van der Waals surface area contributed by atoms with Crippen molar-refractivity contribution >= 4 is 45.0 Å². The highest BCUT2D eigenvalue weighted by atomic mass is 32.2. The normalized spacial score (nSPS) is 15.9. The minimum atomic E-state index is -4.75. The summed E-state index contributed by atoms with van der Waals surface area (Å²) in [5, 5.41) is 23.7. The molecule has 4 aromatic carbocycles. The zero-order chi connectivity index (χ0) is 51.1. The van der Waals surface area contributed by atoms with E-state index in [9.17, 15) is 64.5 Å². The summed E-state index contributed by atoms with van der Waals surface area (Å²) >= 11 is 0. The maximum absolute atomic E-state index is 13.9. The third-order valence-electron chi connectivity index (χ3n) is 11.3. The Morgan fingerprint density at radius 1 is 0.729 bits per heavy atom. The van der Waals surface area contributed by atoms with Crippen molar-refractivity contribution < 1.29 is 49.1 Å². The van der Waals surface area contributed by atoms with Gasteiger partial charge in [-0.2, -0.15) is 36.9 Å². The molecule has 1 aliphatic rings. The van der Waals surface area contributed by atoms with Gasteiger partial charge in [0, 0.05) is 44.9 Å². The van der Waals surface area contributed by atoms with Gasteiger partial charge in [0.15, 0.2) is 0 Å². The Morgan fingerprint density at radius 3 is 1.76 bits per heavy atom. The molecule has 1 aliphatic heterocycles. The van der Waals surface area contributed by atoms with Gasteiger partial charge in [-0.05, 0) is 144 Å². The largest absolute Gasteiger partial charge is 0.416 e. The molecule has 0 radical (unpaired) electrons. The van der Waals surface area contributed by atoms with Crippen LogP contribution in [-0.2, 0) is 43.5 Å². The van der Waals surface area contributed by atoms with E-state index in [-0.39, 0.29) is 55.3 Å². The molecular formula is C49H43F6N7O6S2. The topological polar surface area (TPSA) is 185 Å². The number of carbonyl (C=O) groups excluding carboxylic acids is 3. The van der Waals surface area contributed by atoms with Crippen LogP contribution in [0.1, 0.15) is 58.1 Å². The Labute approximate surface area is 402 Å². The number of pyridine rings is 1. The molecule has 0 aliphatic carbocycles. The Balaban J connectivity index is 1.10. The van der Waals surface area contributed by atoms with Crippen molar-refractivity contribution in [2.75, 3.05) is 38.1 Å². The fourth-order valence-corrected chi connectivity index (χ4v) is 10.1. The molecule has 2 N–H and O–H groups in total. The molecule has 21 heteroatoms. The fraction of sp³-hybridized carbons (Fsp3) is 0.265. The highest BCUT2D eigenvalue weighted by Gasteiger charge is 2.41. The highest BCUT2D eigenvalue weighted by molar-refractivity contribution is 7.89. The number of nitrogens with zero attached hydrogens (tertiary/aromatic N) is 5. The van der Waals surface area contributed by atoms with E-state index in [4.69, 9.17) is 0 Å². The third kappa shape index (κ3) is 12.0. The van der Waals surface area contributed by atoms with E-state index in [1.165, 1.54) is 80.6 Å². The van der Waals surface area contributed by atoms with Crippen LogP contribution in [0.5, 0.6) is 0 Å². The summed E-state index contributed by atoms with van der Waals surface area (Å²) in [4.78, 5) is 58.4. The quantitative estimate of drug-likeness (QED) is 0.0578. The van der Waals surface area contributed by atoms with E-state index >= 15 is 0 Å². The SMILES string of the molecule is Cc1c(S(=O)c2ccc(C#N)cc2)cc(C(=O)NCCCN(C)CCCNC(=O)C2C=C(S(=O)c3ccc(C#N)cc3)C(C)N(c3cccc(C(F)(F)F)c3)C2=O)c(=O)n1-c1cccc(C(F)(F)F)c1. The molecule has 0 spiro atoms. The lowest BCUT2D eigenvalue weighted by Crippen LogP contribution is -2.51. The second-order valence-electron chi connectivity index (χ2n) is 16.0. The molecule has 2 heterocycles. The molecule has 6 rings (SSSR count). The van der Waals surface area contributed by atoms with Gasteiger partial charge >= 0.3 is 12.4 Å². The number of nitriles is 2. The molecule has 13 nitrogen and oxygen atoms in total. The summed E-state index contributed by atoms with van der Waals surface area (Å²) in [5.41, 5.74) is -3.27. The van der Waals surface area contributed by atoms with Gasteiger partial charge in [-0.3, -0.25) is 23.7 Å². The molecule has 0 fully saturated rings. The minimum absolute atomic E-state index is 0.0239. The number of nitrogens with one attached hydrogen (secondary N) is 2. The predicted molar refractivity (Wildman–Crippen MR) is 247 cm³/mol. The number of alkyl halides is 6. The number of aromatic nitrogens is 1. The van der Waals surface area contributed by atoms with Crippen LogP contribution in [0.25, 0.3) is 5.69 Å². The molecule has 364 valence electrons. The van der Waals surface area contributed by atoms with Crippen molar-refractivity contribution in [3.05, 3.63) is 158 Å². The van der Waals surface area contributed by atoms with Crippen LogP contribution in [0.15, 0.2) is 134 Å². The molecule has 4 unspecified atom stereocenters. The standard InChI is InChI=1S/C49H43F6N7O6S2/c1-30-42(69(67)38-16-12-32(28-56)13-17-38)26-40(46(65)61(30)36-10-4-8-34(24-36)48(50,51)52)44(63)58-20-6-22-60(3)23-7-21-59-45(64)41-27-43(70(68)39-18-14-33(29-57)15-19-39)31(2)62(47(41)66)37-11-5-9-35(25-37)49(53,54)55/h4-5,8-19,24-27,30,40H,6-7,20-23H2,1-3H3,(H,58,63)(H,59,64). The van der Waals surface area contributed by atoms with Crippen LogP contribution >= 0.6 is 0 Å². The van der Waals surface area contributed by atoms with Gasteiger partial charge in [-0.15, -0.1) is 0 Å². The summed E-state index contributed by atoms with van der Waals surface area (Å²) in [5.74, 6) is -4.04. The zero-order valence-corrected chi connectivity index (χ0v) is 39.2. The number of anilines is 1. The first kappa shape index (κ1) is 52.2. The van der Waals surface area contributed by atoms with Crippen molar-refractivity contribution in [1.29, 1.82) is 10.5 Å². The molecule has 3 amide bonds. The van der Waals surface area contributed by atoms with Crippen LogP contribution in [0.3, 0.4) is 0 Å². The molecule has 5 aromatic rings. The molecule has 0 saturated carbocycles. The first-order chi connectivity index (χ1) is 33.1. The maximum atomic E-state index is 13.9. The molecule has 70 heavy (non-hydrogen) atoms. The van der Waals surface area contributed by atoms with Crippen molar-refractivity contribution in [1.82, 2.24) is 20.1 Å². The van der Waals surface area contributed by atoms with Crippen LogP contribution < -0.4 is 21.1 Å². The lowest BCUT2D eigenvalue weighted by Gasteiger charge is -2.37. The van der Waals surface area contributed by atoms with Crippen molar-refractivity contribution in [3.63, 3.8) is 0 Å². The molecular weight excluding hydrogens is 961 g/mol. The average molecular weight is 1000 g/mol. The zero-order valence-electron chi connectivity index (χ0n) is 37.6. The number of hydrogen-bond acceptors (Lipinski definition) is 9. The summed E-state index contributed by atoms with van der Waals surface area (Å²) in [6.07, 6.45) is -7.53. The lowest BCUT2D eigenvalue weighted by atomic mass is 9.97. The Bertz CT molecular complexity index is 3030. The van der Waals surface area contributed by atoms with E-state index < -0.39 is 85.9 Å². The van der Waals surface area contributed by atoms with Gasteiger partial charge in [0.1, 0.15) is 11.5 Å². The third-order valence-corrected chi connectivity index (χ3v) is 14.4. The molecule has 1 aromatic heterocycles. The first-order valence-electron chi connectivity index (χ1n) is 21.4. The Hall–Kier alpha value is -7.20. The summed E-state index contributed by atoms with van der Waals surface area (Å²) < 4.78 is 111. The van der Waals surface area contributed by atoms with Gasteiger partial charge in [0.2, 0.25) is 11.8 Å². The summed E-state index contributed by atoms with van der Waals surface area (Å²) in [6, 6.07) is 23.5. The molecule has 0 bridgehead atoms. The Morgan fingerprint density at radius 2 is 1.23 bits per heavy atom.